The SMILES string of the molecule is CC(C)Cc1cc(C(=O)N2CCN(S(=O)(=O)c3ccc(Cl)c(Cl)c3)CC2)n[nH]1. The van der Waals surface area contributed by atoms with Gasteiger partial charge in [0.1, 0.15) is 5.69 Å². The lowest BCUT2D eigenvalue weighted by atomic mass is 10.1. The molecule has 0 saturated carbocycles. The molecule has 0 unspecified atom stereocenters. The highest BCUT2D eigenvalue weighted by molar-refractivity contribution is 7.89. The monoisotopic (exact) mass is 444 g/mol. The number of carbonyl (C=O) groups excluding carboxylic acids is 1. The van der Waals surface area contributed by atoms with Crippen LogP contribution >= 0.6 is 23.2 Å². The van der Waals surface area contributed by atoms with Crippen molar-refractivity contribution in [3.05, 3.63) is 45.7 Å². The van der Waals surface area contributed by atoms with E-state index in [9.17, 15) is 13.2 Å². The van der Waals surface area contributed by atoms with Gasteiger partial charge in [0.25, 0.3) is 5.91 Å². The third-order valence-electron chi connectivity index (χ3n) is 4.53. The Morgan fingerprint density at radius 1 is 1.14 bits per heavy atom. The van der Waals surface area contributed by atoms with Crippen LogP contribution in [-0.4, -0.2) is 59.9 Å². The van der Waals surface area contributed by atoms with Crippen molar-refractivity contribution in [3.8, 4) is 0 Å². The van der Waals surface area contributed by atoms with E-state index in [0.717, 1.165) is 12.1 Å². The first kappa shape index (κ1) is 21.1. The molecule has 0 bridgehead atoms. The van der Waals surface area contributed by atoms with Crippen LogP contribution in [0.3, 0.4) is 0 Å². The first-order chi connectivity index (χ1) is 13.2. The summed E-state index contributed by atoms with van der Waals surface area (Å²) in [5.74, 6) is 0.261. The number of hydrogen-bond donors (Lipinski definition) is 1. The van der Waals surface area contributed by atoms with Crippen molar-refractivity contribution < 1.29 is 13.2 Å². The molecule has 1 amide bonds. The van der Waals surface area contributed by atoms with Crippen molar-refractivity contribution in [1.82, 2.24) is 19.4 Å². The number of nitrogens with zero attached hydrogens (tertiary/aromatic N) is 3. The van der Waals surface area contributed by atoms with Crippen LogP contribution in [0.4, 0.5) is 0 Å². The van der Waals surface area contributed by atoms with Crippen molar-refractivity contribution in [3.63, 3.8) is 0 Å². The Morgan fingerprint density at radius 2 is 1.82 bits per heavy atom. The first-order valence-electron chi connectivity index (χ1n) is 8.97. The average molecular weight is 445 g/mol. The molecule has 7 nitrogen and oxygen atoms in total. The Labute approximate surface area is 174 Å². The van der Waals surface area contributed by atoms with Gasteiger partial charge in [-0.2, -0.15) is 9.40 Å². The molecular weight excluding hydrogens is 423 g/mol. The van der Waals surface area contributed by atoms with Crippen LogP contribution in [-0.2, 0) is 16.4 Å². The molecule has 1 aromatic carbocycles. The van der Waals surface area contributed by atoms with E-state index in [2.05, 4.69) is 24.0 Å². The van der Waals surface area contributed by atoms with Crippen LogP contribution in [0, 0.1) is 5.92 Å². The van der Waals surface area contributed by atoms with Gasteiger partial charge in [0.05, 0.1) is 14.9 Å². The topological polar surface area (TPSA) is 86.4 Å². The summed E-state index contributed by atoms with van der Waals surface area (Å²) in [6.07, 6.45) is 0.815. The number of benzene rings is 1. The summed E-state index contributed by atoms with van der Waals surface area (Å²) in [5, 5.41) is 7.48. The number of H-pyrrole nitrogens is 1. The molecule has 0 spiro atoms. The molecule has 1 aliphatic heterocycles. The summed E-state index contributed by atoms with van der Waals surface area (Å²) in [6.45, 7) is 5.19. The number of hydrogen-bond acceptors (Lipinski definition) is 4. The normalized spacial score (nSPS) is 16.0. The minimum absolute atomic E-state index is 0.0901. The van der Waals surface area contributed by atoms with E-state index < -0.39 is 10.0 Å². The minimum Gasteiger partial charge on any atom is -0.335 e. The lowest BCUT2D eigenvalue weighted by Crippen LogP contribution is -2.50. The quantitative estimate of drug-likeness (QED) is 0.767. The predicted octanol–water partition coefficient (Wildman–Crippen LogP) is 3.06. The van der Waals surface area contributed by atoms with E-state index in [4.69, 9.17) is 23.2 Å². The Morgan fingerprint density at radius 3 is 2.43 bits per heavy atom. The van der Waals surface area contributed by atoms with Gasteiger partial charge in [0.15, 0.2) is 0 Å². The van der Waals surface area contributed by atoms with E-state index in [1.165, 1.54) is 22.5 Å². The summed E-state index contributed by atoms with van der Waals surface area (Å²) in [5.41, 5.74) is 1.27. The summed E-state index contributed by atoms with van der Waals surface area (Å²) in [7, 11) is -3.69. The van der Waals surface area contributed by atoms with Crippen LogP contribution in [0.5, 0.6) is 0 Å². The fraction of sp³-hybridized carbons (Fsp3) is 0.444. The fourth-order valence-corrected chi connectivity index (χ4v) is 4.91. The number of aromatic nitrogens is 2. The maximum Gasteiger partial charge on any atom is 0.274 e. The zero-order valence-corrected chi connectivity index (χ0v) is 18.0. The molecule has 152 valence electrons. The molecule has 28 heavy (non-hydrogen) atoms. The second-order valence-corrected chi connectivity index (χ2v) is 9.90. The van der Waals surface area contributed by atoms with E-state index >= 15 is 0 Å². The van der Waals surface area contributed by atoms with Gasteiger partial charge < -0.3 is 4.90 Å². The number of sulfonamides is 1. The molecule has 2 aromatic rings. The Hall–Kier alpha value is -1.61. The summed E-state index contributed by atoms with van der Waals surface area (Å²) in [6, 6.07) is 6.00. The van der Waals surface area contributed by atoms with E-state index in [0.29, 0.717) is 29.7 Å². The zero-order chi connectivity index (χ0) is 20.5. The molecule has 1 aromatic heterocycles. The number of halogens is 2. The number of aromatic amines is 1. The fourth-order valence-electron chi connectivity index (χ4n) is 3.10. The first-order valence-corrected chi connectivity index (χ1v) is 11.2. The smallest absolute Gasteiger partial charge is 0.274 e. The van der Waals surface area contributed by atoms with Gasteiger partial charge in [0.2, 0.25) is 10.0 Å². The third kappa shape index (κ3) is 4.51. The van der Waals surface area contributed by atoms with Gasteiger partial charge in [-0.05, 0) is 36.6 Å². The van der Waals surface area contributed by atoms with Crippen LogP contribution in [0.25, 0.3) is 0 Å². The van der Waals surface area contributed by atoms with Crippen molar-refractivity contribution in [2.75, 3.05) is 26.2 Å². The number of carbonyl (C=O) groups is 1. The highest BCUT2D eigenvalue weighted by Gasteiger charge is 2.31. The van der Waals surface area contributed by atoms with Crippen LogP contribution < -0.4 is 0 Å². The number of piperazine rings is 1. The van der Waals surface area contributed by atoms with Gasteiger partial charge in [-0.1, -0.05) is 37.0 Å². The second kappa shape index (κ2) is 8.41. The van der Waals surface area contributed by atoms with Crippen LogP contribution in [0.1, 0.15) is 30.0 Å². The molecule has 2 heterocycles. The van der Waals surface area contributed by atoms with Crippen molar-refractivity contribution in [1.29, 1.82) is 0 Å². The summed E-state index contributed by atoms with van der Waals surface area (Å²) >= 11 is 11.8. The van der Waals surface area contributed by atoms with Gasteiger partial charge in [-0.15, -0.1) is 0 Å². The van der Waals surface area contributed by atoms with E-state index in [1.54, 1.807) is 11.0 Å². The van der Waals surface area contributed by atoms with Crippen molar-refractivity contribution in [2.45, 2.75) is 25.2 Å². The predicted molar refractivity (Wildman–Crippen MR) is 108 cm³/mol. The lowest BCUT2D eigenvalue weighted by molar-refractivity contribution is 0.0692. The maximum atomic E-state index is 12.8. The number of amides is 1. The number of rotatable bonds is 5. The van der Waals surface area contributed by atoms with Crippen molar-refractivity contribution >= 4 is 39.1 Å². The second-order valence-electron chi connectivity index (χ2n) is 7.15. The van der Waals surface area contributed by atoms with Crippen molar-refractivity contribution in [2.24, 2.45) is 5.92 Å². The number of nitrogens with one attached hydrogen (secondary N) is 1. The van der Waals surface area contributed by atoms with Gasteiger partial charge in [-0.25, -0.2) is 8.42 Å². The molecule has 0 aliphatic carbocycles. The highest BCUT2D eigenvalue weighted by atomic mass is 35.5. The third-order valence-corrected chi connectivity index (χ3v) is 7.17. The molecule has 3 rings (SSSR count). The lowest BCUT2D eigenvalue weighted by Gasteiger charge is -2.33. The maximum absolute atomic E-state index is 12.8. The minimum atomic E-state index is -3.69. The molecule has 0 radical (unpaired) electrons. The summed E-state index contributed by atoms with van der Waals surface area (Å²) < 4.78 is 27.0. The average Bonchev–Trinajstić information content (AvgIpc) is 3.11. The summed E-state index contributed by atoms with van der Waals surface area (Å²) in [4.78, 5) is 14.4. The van der Waals surface area contributed by atoms with Gasteiger partial charge in [-0.3, -0.25) is 9.89 Å². The molecule has 1 N–H and O–H groups in total. The highest BCUT2D eigenvalue weighted by Crippen LogP contribution is 2.27. The molecular formula is C18H22Cl2N4O3S. The van der Waals surface area contributed by atoms with Gasteiger partial charge >= 0.3 is 0 Å². The largest absolute Gasteiger partial charge is 0.335 e. The van der Waals surface area contributed by atoms with Crippen LogP contribution in [0.15, 0.2) is 29.2 Å². The molecule has 1 aliphatic rings. The van der Waals surface area contributed by atoms with Crippen LogP contribution in [0.2, 0.25) is 10.0 Å². The molecule has 10 heteroatoms. The standard InChI is InChI=1S/C18H22Cl2N4O3S/c1-12(2)9-13-10-17(22-21-13)18(25)23-5-7-24(8-6-23)28(26,27)14-3-4-15(19)16(20)11-14/h3-4,10-12H,5-9H2,1-2H3,(H,21,22). The molecule has 0 atom stereocenters. The van der Waals surface area contributed by atoms with E-state index in [1.807, 2.05) is 0 Å². The van der Waals surface area contributed by atoms with Gasteiger partial charge in [0, 0.05) is 31.9 Å². The zero-order valence-electron chi connectivity index (χ0n) is 15.7. The van der Waals surface area contributed by atoms with E-state index in [-0.39, 0.29) is 28.9 Å². The molecule has 1 saturated heterocycles. The molecule has 1 fully saturated rings. The Bertz CT molecular complexity index is 967. The Kier molecular flexibility index (Phi) is 6.34. The Balaban J connectivity index is 1.65.